The Bertz CT molecular complexity index is 694. The number of nitrogens with zero attached hydrogens (tertiary/aromatic N) is 2. The molecule has 1 aromatic heterocycles. The van der Waals surface area contributed by atoms with E-state index >= 15 is 0 Å². The first kappa shape index (κ1) is 15.2. The molecular weight excluding hydrogens is 290 g/mol. The third-order valence-electron chi connectivity index (χ3n) is 4.00. The Kier molecular flexibility index (Phi) is 4.66. The van der Waals surface area contributed by atoms with Crippen LogP contribution >= 0.6 is 0 Å². The Balaban J connectivity index is 1.71. The summed E-state index contributed by atoms with van der Waals surface area (Å²) in [7, 11) is 0. The second-order valence-electron chi connectivity index (χ2n) is 5.58. The maximum absolute atomic E-state index is 12.6. The van der Waals surface area contributed by atoms with Crippen LogP contribution in [0, 0.1) is 0 Å². The second-order valence-corrected chi connectivity index (χ2v) is 5.58. The maximum Gasteiger partial charge on any atom is 0.254 e. The molecule has 2 aromatic rings. The number of amides is 2. The van der Waals surface area contributed by atoms with Crippen molar-refractivity contribution in [2.75, 3.05) is 13.1 Å². The SMILES string of the molecule is O=C(NCc1ccccc1C(=O)N1CCCC1)c1cccnc1. The summed E-state index contributed by atoms with van der Waals surface area (Å²) in [6.45, 7) is 1.95. The van der Waals surface area contributed by atoms with Crippen LogP contribution in [0.5, 0.6) is 0 Å². The van der Waals surface area contributed by atoms with Gasteiger partial charge in [-0.2, -0.15) is 0 Å². The number of hydrogen-bond acceptors (Lipinski definition) is 3. The molecule has 0 atom stereocenters. The van der Waals surface area contributed by atoms with Crippen molar-refractivity contribution in [3.8, 4) is 0 Å². The van der Waals surface area contributed by atoms with E-state index in [1.165, 1.54) is 6.20 Å². The molecule has 1 fully saturated rings. The number of benzene rings is 1. The Morgan fingerprint density at radius 1 is 1.09 bits per heavy atom. The van der Waals surface area contributed by atoms with Gasteiger partial charge in [0.15, 0.2) is 0 Å². The molecule has 0 bridgehead atoms. The third kappa shape index (κ3) is 3.56. The van der Waals surface area contributed by atoms with Gasteiger partial charge in [-0.3, -0.25) is 14.6 Å². The Morgan fingerprint density at radius 2 is 1.87 bits per heavy atom. The van der Waals surface area contributed by atoms with Crippen molar-refractivity contribution in [1.29, 1.82) is 0 Å². The molecule has 0 spiro atoms. The van der Waals surface area contributed by atoms with Crippen LogP contribution in [0.3, 0.4) is 0 Å². The average molecular weight is 309 g/mol. The van der Waals surface area contributed by atoms with Crippen LogP contribution in [0.4, 0.5) is 0 Å². The van der Waals surface area contributed by atoms with E-state index in [1.54, 1.807) is 18.3 Å². The van der Waals surface area contributed by atoms with Crippen molar-refractivity contribution in [1.82, 2.24) is 15.2 Å². The number of nitrogens with one attached hydrogen (secondary N) is 1. The summed E-state index contributed by atoms with van der Waals surface area (Å²) in [6.07, 6.45) is 5.27. The summed E-state index contributed by atoms with van der Waals surface area (Å²) in [6, 6.07) is 10.9. The maximum atomic E-state index is 12.6. The zero-order valence-corrected chi connectivity index (χ0v) is 12.9. The molecule has 2 amide bonds. The highest BCUT2D eigenvalue weighted by molar-refractivity contribution is 5.96. The molecule has 0 aliphatic carbocycles. The predicted molar refractivity (Wildman–Crippen MR) is 87.0 cm³/mol. The number of aromatic nitrogens is 1. The lowest BCUT2D eigenvalue weighted by Crippen LogP contribution is -2.30. The van der Waals surface area contributed by atoms with Gasteiger partial charge >= 0.3 is 0 Å². The van der Waals surface area contributed by atoms with E-state index in [-0.39, 0.29) is 11.8 Å². The lowest BCUT2D eigenvalue weighted by atomic mass is 10.1. The van der Waals surface area contributed by atoms with Gasteiger partial charge in [-0.25, -0.2) is 0 Å². The monoisotopic (exact) mass is 309 g/mol. The molecule has 1 aliphatic rings. The molecule has 0 saturated carbocycles. The molecule has 1 aliphatic heterocycles. The van der Waals surface area contributed by atoms with Crippen molar-refractivity contribution >= 4 is 11.8 Å². The summed E-state index contributed by atoms with van der Waals surface area (Å²) in [5, 5.41) is 2.85. The van der Waals surface area contributed by atoms with Gasteiger partial charge < -0.3 is 10.2 Å². The highest BCUT2D eigenvalue weighted by Gasteiger charge is 2.21. The molecule has 5 nitrogen and oxygen atoms in total. The minimum atomic E-state index is -0.193. The Labute approximate surface area is 135 Å². The van der Waals surface area contributed by atoms with Crippen LogP contribution in [-0.2, 0) is 6.54 Å². The standard InChI is InChI=1S/C18H19N3O2/c22-17(15-7-5-9-19-12-15)20-13-14-6-1-2-8-16(14)18(23)21-10-3-4-11-21/h1-2,5-9,12H,3-4,10-11,13H2,(H,20,22). The zero-order chi connectivity index (χ0) is 16.1. The molecule has 1 aromatic carbocycles. The van der Waals surface area contributed by atoms with E-state index in [0.717, 1.165) is 31.5 Å². The molecule has 5 heteroatoms. The van der Waals surface area contributed by atoms with Crippen LogP contribution < -0.4 is 5.32 Å². The van der Waals surface area contributed by atoms with E-state index in [1.807, 2.05) is 29.2 Å². The molecule has 0 radical (unpaired) electrons. The van der Waals surface area contributed by atoms with Gasteiger partial charge in [-0.1, -0.05) is 18.2 Å². The summed E-state index contributed by atoms with van der Waals surface area (Å²) >= 11 is 0. The first-order valence-corrected chi connectivity index (χ1v) is 7.81. The Morgan fingerprint density at radius 3 is 2.61 bits per heavy atom. The molecule has 2 heterocycles. The number of carbonyl (C=O) groups excluding carboxylic acids is 2. The van der Waals surface area contributed by atoms with Crippen LogP contribution in [0.15, 0.2) is 48.8 Å². The van der Waals surface area contributed by atoms with Crippen LogP contribution in [-0.4, -0.2) is 34.8 Å². The molecule has 0 unspecified atom stereocenters. The van der Waals surface area contributed by atoms with E-state index in [2.05, 4.69) is 10.3 Å². The predicted octanol–water partition coefficient (Wildman–Crippen LogP) is 2.25. The molecule has 118 valence electrons. The van der Waals surface area contributed by atoms with Crippen molar-refractivity contribution in [3.63, 3.8) is 0 Å². The van der Waals surface area contributed by atoms with Crippen molar-refractivity contribution in [3.05, 3.63) is 65.5 Å². The number of carbonyl (C=O) groups is 2. The summed E-state index contributed by atoms with van der Waals surface area (Å²) in [5.74, 6) is -0.143. The fraction of sp³-hybridized carbons (Fsp3) is 0.278. The van der Waals surface area contributed by atoms with Gasteiger partial charge in [0.1, 0.15) is 0 Å². The summed E-state index contributed by atoms with van der Waals surface area (Å²) in [5.41, 5.74) is 2.01. The molecule has 3 rings (SSSR count). The van der Waals surface area contributed by atoms with Crippen LogP contribution in [0.2, 0.25) is 0 Å². The second kappa shape index (κ2) is 7.05. The van der Waals surface area contributed by atoms with Gasteiger partial charge in [0.25, 0.3) is 11.8 Å². The average Bonchev–Trinajstić information content (AvgIpc) is 3.15. The smallest absolute Gasteiger partial charge is 0.254 e. The molecule has 1 saturated heterocycles. The fourth-order valence-corrected chi connectivity index (χ4v) is 2.75. The van der Waals surface area contributed by atoms with Gasteiger partial charge in [0.05, 0.1) is 5.56 Å². The highest BCUT2D eigenvalue weighted by atomic mass is 16.2. The molecular formula is C18H19N3O2. The minimum Gasteiger partial charge on any atom is -0.348 e. The largest absolute Gasteiger partial charge is 0.348 e. The topological polar surface area (TPSA) is 62.3 Å². The normalized spacial score (nSPS) is 13.8. The van der Waals surface area contributed by atoms with Crippen LogP contribution in [0.25, 0.3) is 0 Å². The Hall–Kier alpha value is -2.69. The van der Waals surface area contributed by atoms with Crippen molar-refractivity contribution < 1.29 is 9.59 Å². The number of pyridine rings is 1. The molecule has 1 N–H and O–H groups in total. The fourth-order valence-electron chi connectivity index (χ4n) is 2.75. The lowest BCUT2D eigenvalue weighted by Gasteiger charge is -2.17. The van der Waals surface area contributed by atoms with Crippen LogP contribution in [0.1, 0.15) is 39.1 Å². The van der Waals surface area contributed by atoms with E-state index in [9.17, 15) is 9.59 Å². The van der Waals surface area contributed by atoms with E-state index in [0.29, 0.717) is 17.7 Å². The lowest BCUT2D eigenvalue weighted by molar-refractivity contribution is 0.0790. The van der Waals surface area contributed by atoms with Gasteiger partial charge in [-0.15, -0.1) is 0 Å². The van der Waals surface area contributed by atoms with Gasteiger partial charge in [-0.05, 0) is 36.6 Å². The van der Waals surface area contributed by atoms with Gasteiger partial charge in [0, 0.05) is 37.6 Å². The highest BCUT2D eigenvalue weighted by Crippen LogP contribution is 2.16. The summed E-state index contributed by atoms with van der Waals surface area (Å²) in [4.78, 5) is 30.5. The zero-order valence-electron chi connectivity index (χ0n) is 12.9. The summed E-state index contributed by atoms with van der Waals surface area (Å²) < 4.78 is 0. The minimum absolute atomic E-state index is 0.0497. The third-order valence-corrected chi connectivity index (χ3v) is 4.00. The van der Waals surface area contributed by atoms with E-state index in [4.69, 9.17) is 0 Å². The first-order chi connectivity index (χ1) is 11.3. The van der Waals surface area contributed by atoms with E-state index < -0.39 is 0 Å². The molecule has 23 heavy (non-hydrogen) atoms. The first-order valence-electron chi connectivity index (χ1n) is 7.81. The van der Waals surface area contributed by atoms with Gasteiger partial charge in [0.2, 0.25) is 0 Å². The quantitative estimate of drug-likeness (QED) is 0.942. The number of likely N-dealkylation sites (tertiary alicyclic amines) is 1. The number of hydrogen-bond donors (Lipinski definition) is 1. The number of rotatable bonds is 4. The van der Waals surface area contributed by atoms with Crippen molar-refractivity contribution in [2.45, 2.75) is 19.4 Å². The van der Waals surface area contributed by atoms with Crippen molar-refractivity contribution in [2.24, 2.45) is 0 Å².